The van der Waals surface area contributed by atoms with Gasteiger partial charge in [0, 0.05) is 16.9 Å². The number of ether oxygens (including phenoxy) is 1. The van der Waals surface area contributed by atoms with Crippen LogP contribution in [0.15, 0.2) is 18.2 Å². The SMILES string of the molecule is CC(C)(C)OC(=O)C[C@H](N[S@+]([O-])C(C)(C)C)c1cccc(Cl)c1F. The molecule has 0 unspecified atom stereocenters. The summed E-state index contributed by atoms with van der Waals surface area (Å²) in [6, 6.07) is 3.72. The molecule has 1 aromatic rings. The van der Waals surface area contributed by atoms with E-state index in [4.69, 9.17) is 16.3 Å². The van der Waals surface area contributed by atoms with Crippen molar-refractivity contribution in [2.45, 2.75) is 64.4 Å². The van der Waals surface area contributed by atoms with Crippen LogP contribution in [-0.4, -0.2) is 20.9 Å². The Bertz CT molecular complexity index is 584. The Morgan fingerprint density at radius 2 is 1.92 bits per heavy atom. The second-order valence-corrected chi connectivity index (χ2v) is 9.89. The molecule has 0 bridgehead atoms. The van der Waals surface area contributed by atoms with Gasteiger partial charge in [-0.15, -0.1) is 4.72 Å². The molecule has 0 aliphatic carbocycles. The average Bonchev–Trinajstić information content (AvgIpc) is 2.37. The maximum atomic E-state index is 14.4. The van der Waals surface area contributed by atoms with Gasteiger partial charge in [0.1, 0.15) is 16.2 Å². The number of rotatable bonds is 5. The summed E-state index contributed by atoms with van der Waals surface area (Å²) in [4.78, 5) is 12.2. The maximum absolute atomic E-state index is 14.4. The molecule has 0 radical (unpaired) electrons. The van der Waals surface area contributed by atoms with Gasteiger partial charge in [0.15, 0.2) is 0 Å². The van der Waals surface area contributed by atoms with Gasteiger partial charge < -0.3 is 9.29 Å². The molecule has 0 saturated carbocycles. The summed E-state index contributed by atoms with van der Waals surface area (Å²) < 4.78 is 34.3. The summed E-state index contributed by atoms with van der Waals surface area (Å²) in [6.45, 7) is 10.6. The van der Waals surface area contributed by atoms with Gasteiger partial charge in [-0.3, -0.25) is 4.79 Å². The van der Waals surface area contributed by atoms with Gasteiger partial charge in [-0.25, -0.2) is 4.39 Å². The second-order valence-electron chi connectivity index (χ2n) is 7.49. The number of carbonyl (C=O) groups is 1. The molecule has 0 saturated heterocycles. The number of halogens is 2. The molecule has 0 spiro atoms. The molecule has 2 atom stereocenters. The van der Waals surface area contributed by atoms with Gasteiger partial charge in [0.2, 0.25) is 0 Å². The van der Waals surface area contributed by atoms with Crippen molar-refractivity contribution in [3.63, 3.8) is 0 Å². The van der Waals surface area contributed by atoms with Gasteiger partial charge in [0.05, 0.1) is 17.5 Å². The van der Waals surface area contributed by atoms with Gasteiger partial charge >= 0.3 is 5.97 Å². The lowest BCUT2D eigenvalue weighted by atomic mass is 10.0. The molecule has 136 valence electrons. The third-order valence-corrected chi connectivity index (χ3v) is 4.86. The van der Waals surface area contributed by atoms with Gasteiger partial charge in [-0.05, 0) is 47.6 Å². The van der Waals surface area contributed by atoms with Crippen LogP contribution in [0.2, 0.25) is 5.02 Å². The van der Waals surface area contributed by atoms with Crippen molar-refractivity contribution in [3.8, 4) is 0 Å². The van der Waals surface area contributed by atoms with E-state index in [2.05, 4.69) is 4.72 Å². The number of benzene rings is 1. The third kappa shape index (κ3) is 6.59. The van der Waals surface area contributed by atoms with E-state index in [1.54, 1.807) is 47.6 Å². The molecular formula is C17H25ClFNO3S. The minimum atomic E-state index is -1.49. The summed E-state index contributed by atoms with van der Waals surface area (Å²) in [5, 5.41) is -0.0509. The summed E-state index contributed by atoms with van der Waals surface area (Å²) >= 11 is 4.34. The predicted octanol–water partition coefficient (Wildman–Crippen LogP) is 4.30. The van der Waals surface area contributed by atoms with E-state index in [-0.39, 0.29) is 17.0 Å². The molecule has 0 heterocycles. The standard InChI is InChI=1S/C17H25ClFNO3S/c1-16(2,3)23-14(21)10-13(20-24(22)17(4,5)6)11-8-7-9-12(18)15(11)19/h7-9,13,20H,10H2,1-6H3/t13-,24+/m0/s1. The highest BCUT2D eigenvalue weighted by Crippen LogP contribution is 2.28. The predicted molar refractivity (Wildman–Crippen MR) is 95.6 cm³/mol. The Morgan fingerprint density at radius 1 is 1.33 bits per heavy atom. The van der Waals surface area contributed by atoms with E-state index in [1.807, 2.05) is 0 Å². The first kappa shape index (κ1) is 21.2. The zero-order chi connectivity index (χ0) is 18.7. The molecular weight excluding hydrogens is 353 g/mol. The molecule has 0 aliphatic rings. The molecule has 1 aromatic carbocycles. The molecule has 0 fully saturated rings. The minimum absolute atomic E-state index is 0.0509. The summed E-state index contributed by atoms with van der Waals surface area (Å²) in [7, 11) is 0. The normalized spacial score (nSPS) is 15.0. The van der Waals surface area contributed by atoms with Crippen molar-refractivity contribution in [2.75, 3.05) is 0 Å². The largest absolute Gasteiger partial charge is 0.598 e. The highest BCUT2D eigenvalue weighted by atomic mass is 35.5. The number of hydrogen-bond donors (Lipinski definition) is 1. The minimum Gasteiger partial charge on any atom is -0.598 e. The molecule has 0 aromatic heterocycles. The Hall–Kier alpha value is -0.820. The van der Waals surface area contributed by atoms with E-state index in [0.29, 0.717) is 0 Å². The number of esters is 1. The van der Waals surface area contributed by atoms with E-state index in [0.717, 1.165) is 0 Å². The van der Waals surface area contributed by atoms with Gasteiger partial charge in [-0.1, -0.05) is 23.7 Å². The van der Waals surface area contributed by atoms with Crippen LogP contribution in [-0.2, 0) is 20.9 Å². The fourth-order valence-corrected chi connectivity index (χ4v) is 2.86. The van der Waals surface area contributed by atoms with Crippen LogP contribution in [0.1, 0.15) is 59.6 Å². The van der Waals surface area contributed by atoms with Crippen molar-refractivity contribution in [3.05, 3.63) is 34.6 Å². The molecule has 24 heavy (non-hydrogen) atoms. The third-order valence-electron chi connectivity index (χ3n) is 2.95. The lowest BCUT2D eigenvalue weighted by Crippen LogP contribution is -2.42. The topological polar surface area (TPSA) is 61.4 Å². The number of nitrogens with one attached hydrogen (secondary N) is 1. The summed E-state index contributed by atoms with van der Waals surface area (Å²) in [5.74, 6) is -1.14. The lowest BCUT2D eigenvalue weighted by Gasteiger charge is -2.29. The van der Waals surface area contributed by atoms with Crippen LogP contribution >= 0.6 is 11.6 Å². The molecule has 4 nitrogen and oxygen atoms in total. The van der Waals surface area contributed by atoms with Crippen molar-refractivity contribution < 1.29 is 18.5 Å². The highest BCUT2D eigenvalue weighted by molar-refractivity contribution is 7.90. The Kier molecular flexibility index (Phi) is 7.11. The van der Waals surface area contributed by atoms with Crippen LogP contribution < -0.4 is 4.72 Å². The Morgan fingerprint density at radius 3 is 2.42 bits per heavy atom. The maximum Gasteiger partial charge on any atom is 0.308 e. The van der Waals surface area contributed by atoms with Gasteiger partial charge in [-0.2, -0.15) is 0 Å². The quantitative estimate of drug-likeness (QED) is 0.613. The van der Waals surface area contributed by atoms with Crippen molar-refractivity contribution in [1.29, 1.82) is 0 Å². The van der Waals surface area contributed by atoms with E-state index >= 15 is 0 Å². The van der Waals surface area contributed by atoms with Crippen molar-refractivity contribution in [2.24, 2.45) is 0 Å². The van der Waals surface area contributed by atoms with E-state index in [1.165, 1.54) is 12.1 Å². The average molecular weight is 378 g/mol. The van der Waals surface area contributed by atoms with Gasteiger partial charge in [0.25, 0.3) is 0 Å². The van der Waals surface area contributed by atoms with Crippen LogP contribution in [0, 0.1) is 5.82 Å². The second kappa shape index (κ2) is 8.04. The zero-order valence-corrected chi connectivity index (χ0v) is 16.5. The van der Waals surface area contributed by atoms with E-state index in [9.17, 15) is 13.7 Å². The molecule has 7 heteroatoms. The molecule has 0 amide bonds. The van der Waals surface area contributed by atoms with Crippen LogP contribution in [0.4, 0.5) is 4.39 Å². The highest BCUT2D eigenvalue weighted by Gasteiger charge is 2.33. The smallest absolute Gasteiger partial charge is 0.308 e. The van der Waals surface area contributed by atoms with Crippen molar-refractivity contribution >= 4 is 28.9 Å². The summed E-state index contributed by atoms with van der Waals surface area (Å²) in [5.41, 5.74) is -0.469. The monoisotopic (exact) mass is 377 g/mol. The molecule has 1 N–H and O–H groups in total. The number of hydrogen-bond acceptors (Lipinski definition) is 4. The fourth-order valence-electron chi connectivity index (χ4n) is 1.86. The number of carbonyl (C=O) groups excluding carboxylic acids is 1. The lowest BCUT2D eigenvalue weighted by molar-refractivity contribution is -0.155. The molecule has 1 rings (SSSR count). The van der Waals surface area contributed by atoms with Crippen LogP contribution in [0.3, 0.4) is 0 Å². The first-order valence-electron chi connectivity index (χ1n) is 7.65. The van der Waals surface area contributed by atoms with Crippen LogP contribution in [0.25, 0.3) is 0 Å². The molecule has 0 aliphatic heterocycles. The Balaban J connectivity index is 3.08. The first-order valence-corrected chi connectivity index (χ1v) is 9.18. The first-order chi connectivity index (χ1) is 10.8. The summed E-state index contributed by atoms with van der Waals surface area (Å²) in [6.07, 6.45) is -0.156. The Labute approximate surface area is 151 Å². The van der Waals surface area contributed by atoms with Crippen molar-refractivity contribution in [1.82, 2.24) is 4.72 Å². The van der Waals surface area contributed by atoms with Crippen LogP contribution in [0.5, 0.6) is 0 Å². The van der Waals surface area contributed by atoms with E-state index < -0.39 is 39.5 Å². The zero-order valence-electron chi connectivity index (χ0n) is 14.9. The fraction of sp³-hybridized carbons (Fsp3) is 0.588.